The molecule has 0 unspecified atom stereocenters. The molecule has 2 N–H and O–H groups in total. The standard InChI is InChI=1S/C20H21ClFN3O4S/c1-4-30(27,28)18-16(22)14(19(23)26)7-15(21)17(18)29-10-12-5-6-13-8-24-20(11(2)3)25(13)9-12/h5-9,11H,4,10H2,1-3H3,(H2,23,26). The summed E-state index contributed by atoms with van der Waals surface area (Å²) in [6.45, 7) is 5.31. The van der Waals surface area contributed by atoms with Crippen molar-refractivity contribution in [2.45, 2.75) is 38.2 Å². The van der Waals surface area contributed by atoms with Crippen LogP contribution in [0.5, 0.6) is 5.75 Å². The Morgan fingerprint density at radius 1 is 1.37 bits per heavy atom. The van der Waals surface area contributed by atoms with Gasteiger partial charge in [-0.3, -0.25) is 4.79 Å². The van der Waals surface area contributed by atoms with E-state index in [-0.39, 0.29) is 23.3 Å². The van der Waals surface area contributed by atoms with Crippen LogP contribution >= 0.6 is 11.6 Å². The number of pyridine rings is 1. The second kappa shape index (κ2) is 8.23. The van der Waals surface area contributed by atoms with Gasteiger partial charge in [-0.2, -0.15) is 0 Å². The van der Waals surface area contributed by atoms with Crippen LogP contribution < -0.4 is 10.5 Å². The zero-order chi connectivity index (χ0) is 22.2. The van der Waals surface area contributed by atoms with E-state index >= 15 is 0 Å². The summed E-state index contributed by atoms with van der Waals surface area (Å²) < 4.78 is 47.4. The van der Waals surface area contributed by atoms with Gasteiger partial charge in [0.15, 0.2) is 21.4 Å². The van der Waals surface area contributed by atoms with Crippen LogP contribution in [0, 0.1) is 5.82 Å². The van der Waals surface area contributed by atoms with Gasteiger partial charge in [0.1, 0.15) is 17.3 Å². The third kappa shape index (κ3) is 3.99. The topological polar surface area (TPSA) is 104 Å². The largest absolute Gasteiger partial charge is 0.486 e. The van der Waals surface area contributed by atoms with Gasteiger partial charge in [-0.1, -0.05) is 38.4 Å². The Morgan fingerprint density at radius 2 is 2.07 bits per heavy atom. The summed E-state index contributed by atoms with van der Waals surface area (Å²) in [6.07, 6.45) is 3.56. The highest BCUT2D eigenvalue weighted by molar-refractivity contribution is 7.91. The number of carbonyl (C=O) groups is 1. The lowest BCUT2D eigenvalue weighted by Crippen LogP contribution is -2.18. The number of nitrogens with two attached hydrogens (primary N) is 1. The molecular formula is C20H21ClFN3O4S. The summed E-state index contributed by atoms with van der Waals surface area (Å²) in [5, 5.41) is -0.219. The number of imidazole rings is 1. The van der Waals surface area contributed by atoms with Gasteiger partial charge in [-0.25, -0.2) is 17.8 Å². The Balaban J connectivity index is 2.05. The highest BCUT2D eigenvalue weighted by atomic mass is 35.5. The van der Waals surface area contributed by atoms with Crippen molar-refractivity contribution < 1.29 is 22.3 Å². The van der Waals surface area contributed by atoms with Gasteiger partial charge in [0.25, 0.3) is 5.91 Å². The summed E-state index contributed by atoms with van der Waals surface area (Å²) in [4.78, 5) is 15.1. The maximum atomic E-state index is 14.8. The van der Waals surface area contributed by atoms with E-state index in [0.717, 1.165) is 17.4 Å². The lowest BCUT2D eigenvalue weighted by molar-refractivity contribution is 0.0995. The third-order valence-corrected chi connectivity index (χ3v) is 6.63. The zero-order valence-corrected chi connectivity index (χ0v) is 18.2. The second-order valence-electron chi connectivity index (χ2n) is 7.04. The third-order valence-electron chi connectivity index (χ3n) is 4.60. The summed E-state index contributed by atoms with van der Waals surface area (Å²) >= 11 is 6.15. The fourth-order valence-corrected chi connectivity index (χ4v) is 4.48. The number of halogens is 2. The number of amides is 1. The van der Waals surface area contributed by atoms with Crippen molar-refractivity contribution >= 4 is 32.9 Å². The Labute approximate surface area is 178 Å². The smallest absolute Gasteiger partial charge is 0.251 e. The molecule has 3 rings (SSSR count). The molecule has 0 atom stereocenters. The lowest BCUT2D eigenvalue weighted by Gasteiger charge is -2.16. The molecule has 0 spiro atoms. The molecule has 0 bridgehead atoms. The van der Waals surface area contributed by atoms with Crippen molar-refractivity contribution in [1.82, 2.24) is 9.38 Å². The van der Waals surface area contributed by atoms with Crippen LogP contribution in [0.1, 0.15) is 48.4 Å². The van der Waals surface area contributed by atoms with Crippen molar-refractivity contribution in [3.05, 3.63) is 58.4 Å². The predicted molar refractivity (Wildman–Crippen MR) is 111 cm³/mol. The van der Waals surface area contributed by atoms with Crippen LogP contribution in [0.25, 0.3) is 5.52 Å². The second-order valence-corrected chi connectivity index (χ2v) is 9.66. The molecule has 0 aliphatic rings. The molecule has 3 aromatic rings. The average Bonchev–Trinajstić information content (AvgIpc) is 3.11. The van der Waals surface area contributed by atoms with Gasteiger partial charge in [-0.05, 0) is 12.1 Å². The van der Waals surface area contributed by atoms with E-state index in [1.54, 1.807) is 12.3 Å². The van der Waals surface area contributed by atoms with Crippen molar-refractivity contribution in [2.24, 2.45) is 5.73 Å². The monoisotopic (exact) mass is 453 g/mol. The lowest BCUT2D eigenvalue weighted by atomic mass is 10.2. The first kappa shape index (κ1) is 22.0. The van der Waals surface area contributed by atoms with Gasteiger partial charge in [0.2, 0.25) is 0 Å². The number of fused-ring (bicyclic) bond motifs is 1. The minimum absolute atomic E-state index is 0.0764. The molecule has 0 aliphatic heterocycles. The molecular weight excluding hydrogens is 433 g/mol. The molecule has 10 heteroatoms. The molecule has 0 saturated carbocycles. The first-order valence-electron chi connectivity index (χ1n) is 9.20. The van der Waals surface area contributed by atoms with E-state index in [1.807, 2.05) is 30.5 Å². The van der Waals surface area contributed by atoms with Gasteiger partial charge in [0, 0.05) is 17.7 Å². The van der Waals surface area contributed by atoms with E-state index in [9.17, 15) is 17.6 Å². The Bertz CT molecular complexity index is 1240. The maximum Gasteiger partial charge on any atom is 0.251 e. The van der Waals surface area contributed by atoms with Crippen molar-refractivity contribution in [3.8, 4) is 5.75 Å². The number of nitrogens with zero attached hydrogens (tertiary/aromatic N) is 2. The number of sulfone groups is 1. The molecule has 0 radical (unpaired) electrons. The molecule has 0 fully saturated rings. The fraction of sp³-hybridized carbons (Fsp3) is 0.300. The van der Waals surface area contributed by atoms with Gasteiger partial charge in [0.05, 0.1) is 28.1 Å². The highest BCUT2D eigenvalue weighted by Crippen LogP contribution is 2.37. The SMILES string of the molecule is CCS(=O)(=O)c1c(F)c(C(N)=O)cc(Cl)c1OCc1ccc2cnc(C(C)C)n2c1. The van der Waals surface area contributed by atoms with Crippen LogP contribution in [-0.4, -0.2) is 29.5 Å². The van der Waals surface area contributed by atoms with E-state index in [1.165, 1.54) is 6.92 Å². The summed E-state index contributed by atoms with van der Waals surface area (Å²) in [5.41, 5.74) is 6.13. The molecule has 0 aliphatic carbocycles. The molecule has 2 aromatic heterocycles. The fourth-order valence-electron chi connectivity index (χ4n) is 3.04. The summed E-state index contributed by atoms with van der Waals surface area (Å²) in [5.74, 6) is -2.10. The number of hydrogen-bond acceptors (Lipinski definition) is 5. The number of primary amides is 1. The van der Waals surface area contributed by atoms with Crippen LogP contribution in [-0.2, 0) is 16.4 Å². The Hall–Kier alpha value is -2.65. The van der Waals surface area contributed by atoms with Crippen molar-refractivity contribution in [2.75, 3.05) is 5.75 Å². The number of carbonyl (C=O) groups excluding carboxylic acids is 1. The van der Waals surface area contributed by atoms with Crippen molar-refractivity contribution in [1.29, 1.82) is 0 Å². The quantitative estimate of drug-likeness (QED) is 0.587. The highest BCUT2D eigenvalue weighted by Gasteiger charge is 2.30. The van der Waals surface area contributed by atoms with Crippen molar-refractivity contribution in [3.63, 3.8) is 0 Å². The molecule has 1 amide bonds. The predicted octanol–water partition coefficient (Wildman–Crippen LogP) is 3.72. The zero-order valence-electron chi connectivity index (χ0n) is 16.6. The molecule has 7 nitrogen and oxygen atoms in total. The maximum absolute atomic E-state index is 14.8. The number of ether oxygens (including phenoxy) is 1. The minimum Gasteiger partial charge on any atom is -0.486 e. The van der Waals surface area contributed by atoms with Gasteiger partial charge >= 0.3 is 0 Å². The minimum atomic E-state index is -4.09. The normalized spacial score (nSPS) is 11.9. The molecule has 0 saturated heterocycles. The number of benzene rings is 1. The van der Waals surface area contributed by atoms with Crippen LogP contribution in [0.2, 0.25) is 5.02 Å². The van der Waals surface area contributed by atoms with Crippen LogP contribution in [0.15, 0.2) is 35.5 Å². The molecule has 2 heterocycles. The van der Waals surface area contributed by atoms with Crippen LogP contribution in [0.4, 0.5) is 4.39 Å². The molecule has 1 aromatic carbocycles. The number of hydrogen-bond donors (Lipinski definition) is 1. The Morgan fingerprint density at radius 3 is 2.67 bits per heavy atom. The van der Waals surface area contributed by atoms with E-state index < -0.39 is 37.8 Å². The van der Waals surface area contributed by atoms with Gasteiger partial charge in [-0.15, -0.1) is 0 Å². The van der Waals surface area contributed by atoms with Gasteiger partial charge < -0.3 is 14.9 Å². The Kier molecular flexibility index (Phi) is 6.05. The van der Waals surface area contributed by atoms with E-state index in [0.29, 0.717) is 5.56 Å². The number of rotatable bonds is 7. The molecule has 30 heavy (non-hydrogen) atoms. The first-order chi connectivity index (χ1) is 14.1. The van der Waals surface area contributed by atoms with E-state index in [4.69, 9.17) is 22.1 Å². The number of aromatic nitrogens is 2. The van der Waals surface area contributed by atoms with E-state index in [2.05, 4.69) is 4.98 Å². The summed E-state index contributed by atoms with van der Waals surface area (Å²) in [7, 11) is -4.09. The van der Waals surface area contributed by atoms with Crippen LogP contribution in [0.3, 0.4) is 0 Å². The molecule has 160 valence electrons. The summed E-state index contributed by atoms with van der Waals surface area (Å²) in [6, 6.07) is 4.61. The average molecular weight is 454 g/mol. The first-order valence-corrected chi connectivity index (χ1v) is 11.2.